The molecule has 0 saturated carbocycles. The van der Waals surface area contributed by atoms with Gasteiger partial charge in [0.1, 0.15) is 0 Å². The van der Waals surface area contributed by atoms with Gasteiger partial charge < -0.3 is 25.2 Å². The minimum atomic E-state index is -2.06. The monoisotopic (exact) mass is 347 g/mol. The number of hydrogen-bond acceptors (Lipinski definition) is 9. The van der Waals surface area contributed by atoms with Crippen LogP contribution in [0.3, 0.4) is 0 Å². The molecule has 2 unspecified atom stereocenters. The average Bonchev–Trinajstić information content (AvgIpc) is 2.81. The Morgan fingerprint density at radius 2 is 1.21 bits per heavy atom. The lowest BCUT2D eigenvalue weighted by Crippen LogP contribution is -2.33. The third-order valence-corrected chi connectivity index (χ3v) is 2.11. The van der Waals surface area contributed by atoms with Crippen LogP contribution in [0.5, 0.6) is 0 Å². The molecule has 132 valence electrons. The number of ether oxygens (including phenoxy) is 1. The van der Waals surface area contributed by atoms with Crippen LogP contribution in [0.1, 0.15) is 12.8 Å². The summed E-state index contributed by atoms with van der Waals surface area (Å²) in [6.07, 6.45) is -3.67. The molecular weight excluding hydrogens is 334 g/mol. The van der Waals surface area contributed by atoms with Crippen molar-refractivity contribution in [2.75, 3.05) is 0 Å². The molecule has 1 aliphatic rings. The van der Waals surface area contributed by atoms with E-state index in [9.17, 15) is 28.8 Å². The van der Waals surface area contributed by atoms with Gasteiger partial charge in [-0.1, -0.05) is 0 Å². The van der Waals surface area contributed by atoms with Crippen LogP contribution in [-0.4, -0.2) is 68.3 Å². The number of nitrogens with one attached hydrogen (secondary N) is 1. The number of aliphatic carboxylic acids is 2. The number of aliphatic hydroxyl groups excluding tert-OH is 2. The average molecular weight is 347 g/mol. The summed E-state index contributed by atoms with van der Waals surface area (Å²) in [5.74, 6) is -6.78. The van der Waals surface area contributed by atoms with Crippen LogP contribution < -0.4 is 5.32 Å². The third-order valence-electron chi connectivity index (χ3n) is 2.11. The van der Waals surface area contributed by atoms with Crippen molar-refractivity contribution in [1.82, 2.24) is 5.32 Å². The van der Waals surface area contributed by atoms with Gasteiger partial charge in [0.15, 0.2) is 12.2 Å². The summed E-state index contributed by atoms with van der Waals surface area (Å²) in [4.78, 5) is 62.0. The highest BCUT2D eigenvalue weighted by molar-refractivity contribution is 6.12. The summed E-state index contributed by atoms with van der Waals surface area (Å²) >= 11 is 0. The molecule has 0 spiro atoms. The zero-order chi connectivity index (χ0) is 18.9. The minimum absolute atomic E-state index is 0.329. The summed E-state index contributed by atoms with van der Waals surface area (Å²) in [5.41, 5.74) is 0. The van der Waals surface area contributed by atoms with Crippen LogP contribution in [-0.2, 0) is 33.5 Å². The maximum absolute atomic E-state index is 10.9. The first-order valence-corrected chi connectivity index (χ1v) is 6.11. The van der Waals surface area contributed by atoms with Gasteiger partial charge in [-0.05, 0) is 0 Å². The second-order valence-electron chi connectivity index (χ2n) is 4.15. The first kappa shape index (κ1) is 20.9. The number of aliphatic hydroxyl groups is 2. The van der Waals surface area contributed by atoms with Crippen LogP contribution in [0, 0.1) is 0 Å². The normalized spacial score (nSPS) is 14.8. The van der Waals surface area contributed by atoms with E-state index in [2.05, 4.69) is 4.74 Å². The molecule has 1 aliphatic heterocycles. The van der Waals surface area contributed by atoms with E-state index in [1.807, 2.05) is 5.32 Å². The first-order valence-electron chi connectivity index (χ1n) is 6.11. The molecule has 0 aromatic heterocycles. The highest BCUT2D eigenvalue weighted by Crippen LogP contribution is 2.00. The second kappa shape index (κ2) is 9.81. The molecule has 0 bridgehead atoms. The Kier molecular flexibility index (Phi) is 8.53. The fourth-order valence-corrected chi connectivity index (χ4v) is 1.09. The Hall–Kier alpha value is -3.12. The van der Waals surface area contributed by atoms with E-state index in [0.717, 1.165) is 0 Å². The Bertz CT molecular complexity index is 532. The number of carboxylic acids is 2. The van der Waals surface area contributed by atoms with E-state index in [1.165, 1.54) is 12.2 Å². The van der Waals surface area contributed by atoms with Gasteiger partial charge in [-0.15, -0.1) is 0 Å². The number of carboxylic acid groups (broad SMARTS) is 2. The van der Waals surface area contributed by atoms with Crippen molar-refractivity contribution in [3.05, 3.63) is 12.2 Å². The highest BCUT2D eigenvalue weighted by Gasteiger charge is 2.27. The Labute approximate surface area is 133 Å². The van der Waals surface area contributed by atoms with Gasteiger partial charge in [0.25, 0.3) is 11.8 Å². The van der Waals surface area contributed by atoms with Crippen LogP contribution >= 0.6 is 0 Å². The fourth-order valence-electron chi connectivity index (χ4n) is 1.09. The number of carbonyl (C=O) groups excluding carboxylic acids is 4. The SMILES string of the molecule is O=C(O)CC(O)C(=O)OC(=O)C(O)CC(=O)O.O=C1C=CC(=O)N1. The number of amides is 2. The van der Waals surface area contributed by atoms with E-state index >= 15 is 0 Å². The molecule has 0 saturated heterocycles. The van der Waals surface area contributed by atoms with Crippen molar-refractivity contribution >= 4 is 35.7 Å². The maximum Gasteiger partial charge on any atom is 0.343 e. The minimum Gasteiger partial charge on any atom is -0.481 e. The van der Waals surface area contributed by atoms with Crippen molar-refractivity contribution in [3.8, 4) is 0 Å². The van der Waals surface area contributed by atoms with Crippen LogP contribution in [0.2, 0.25) is 0 Å². The summed E-state index contributed by atoms with van der Waals surface area (Å²) in [5, 5.41) is 36.2. The molecule has 0 aromatic carbocycles. The summed E-state index contributed by atoms with van der Waals surface area (Å²) in [6.45, 7) is 0. The molecule has 0 aromatic rings. The van der Waals surface area contributed by atoms with Gasteiger partial charge >= 0.3 is 23.9 Å². The van der Waals surface area contributed by atoms with Crippen LogP contribution in [0.15, 0.2) is 12.2 Å². The van der Waals surface area contributed by atoms with E-state index in [0.29, 0.717) is 0 Å². The molecule has 1 rings (SSSR count). The standard InChI is InChI=1S/C8H10O9.C4H3NO2/c9-3(1-5(11)12)7(15)17-8(16)4(10)2-6(13)14;6-3-1-2-4(7)5-3/h3-4,9-10H,1-2H2,(H,11,12)(H,13,14);1-2H,(H,5,6,7). The molecule has 0 radical (unpaired) electrons. The second-order valence-corrected chi connectivity index (χ2v) is 4.15. The molecule has 5 N–H and O–H groups in total. The fraction of sp³-hybridized carbons (Fsp3) is 0.333. The summed E-state index contributed by atoms with van der Waals surface area (Å²) in [6, 6.07) is 0. The van der Waals surface area contributed by atoms with E-state index in [-0.39, 0.29) is 11.8 Å². The lowest BCUT2D eigenvalue weighted by molar-refractivity contribution is -0.174. The summed E-state index contributed by atoms with van der Waals surface area (Å²) < 4.78 is 3.87. The van der Waals surface area contributed by atoms with Crippen molar-refractivity contribution in [3.63, 3.8) is 0 Å². The Balaban J connectivity index is 0.000000620. The number of imide groups is 1. The third kappa shape index (κ3) is 9.01. The topological polar surface area (TPSA) is 205 Å². The molecule has 2 amide bonds. The predicted octanol–water partition coefficient (Wildman–Crippen LogP) is -3.07. The molecule has 1 heterocycles. The number of rotatable bonds is 6. The Morgan fingerprint density at radius 1 is 0.875 bits per heavy atom. The van der Waals surface area contributed by atoms with Crippen molar-refractivity contribution < 1.29 is 53.9 Å². The lowest BCUT2D eigenvalue weighted by atomic mass is 10.2. The van der Waals surface area contributed by atoms with Gasteiger partial charge in [0, 0.05) is 12.2 Å². The Morgan fingerprint density at radius 3 is 1.42 bits per heavy atom. The van der Waals surface area contributed by atoms with Crippen molar-refractivity contribution in [1.29, 1.82) is 0 Å². The smallest absolute Gasteiger partial charge is 0.343 e. The van der Waals surface area contributed by atoms with Crippen LogP contribution in [0.4, 0.5) is 0 Å². The van der Waals surface area contributed by atoms with Crippen molar-refractivity contribution in [2.45, 2.75) is 25.0 Å². The van der Waals surface area contributed by atoms with E-state index in [4.69, 9.17) is 20.4 Å². The van der Waals surface area contributed by atoms with Crippen LogP contribution in [0.25, 0.3) is 0 Å². The molecule has 12 nitrogen and oxygen atoms in total. The lowest BCUT2D eigenvalue weighted by Gasteiger charge is -2.09. The number of esters is 2. The van der Waals surface area contributed by atoms with Gasteiger partial charge in [-0.3, -0.25) is 24.5 Å². The summed E-state index contributed by atoms with van der Waals surface area (Å²) in [7, 11) is 0. The highest BCUT2D eigenvalue weighted by atomic mass is 16.6. The molecule has 2 atom stereocenters. The van der Waals surface area contributed by atoms with Crippen molar-refractivity contribution in [2.24, 2.45) is 0 Å². The maximum atomic E-state index is 10.9. The number of hydrogen-bond donors (Lipinski definition) is 5. The molecule has 12 heteroatoms. The van der Waals surface area contributed by atoms with Gasteiger partial charge in [-0.2, -0.15) is 0 Å². The zero-order valence-electron chi connectivity index (χ0n) is 11.9. The molecule has 24 heavy (non-hydrogen) atoms. The number of carbonyl (C=O) groups is 6. The largest absolute Gasteiger partial charge is 0.481 e. The predicted molar refractivity (Wildman–Crippen MR) is 69.9 cm³/mol. The quantitative estimate of drug-likeness (QED) is 0.185. The van der Waals surface area contributed by atoms with Gasteiger partial charge in [0.05, 0.1) is 12.8 Å². The zero-order valence-corrected chi connectivity index (χ0v) is 11.9. The van der Waals surface area contributed by atoms with E-state index < -0.39 is 48.9 Å². The molecule has 0 aliphatic carbocycles. The van der Waals surface area contributed by atoms with Gasteiger partial charge in [-0.25, -0.2) is 9.59 Å². The van der Waals surface area contributed by atoms with Gasteiger partial charge in [0.2, 0.25) is 0 Å². The van der Waals surface area contributed by atoms with E-state index in [1.54, 1.807) is 0 Å². The molecular formula is C12H13NO11. The first-order chi connectivity index (χ1) is 11.0. The molecule has 0 fully saturated rings.